The molecule has 3 rings (SSSR count). The van der Waals surface area contributed by atoms with E-state index in [2.05, 4.69) is 16.0 Å². The molecule has 2 aromatic rings. The molecule has 0 radical (unpaired) electrons. The monoisotopic (exact) mass is 270 g/mol. The van der Waals surface area contributed by atoms with E-state index in [0.717, 1.165) is 35.4 Å². The maximum Gasteiger partial charge on any atom is 0.335 e. The number of anilines is 1. The van der Waals surface area contributed by atoms with Crippen LogP contribution in [0, 0.1) is 6.92 Å². The summed E-state index contributed by atoms with van der Waals surface area (Å²) in [5.41, 5.74) is 3.29. The first-order chi connectivity index (χ1) is 9.65. The molecular weight excluding hydrogens is 252 g/mol. The molecule has 0 atom stereocenters. The number of hydrogen-bond donors (Lipinski definition) is 1. The molecule has 1 aliphatic heterocycles. The van der Waals surface area contributed by atoms with Crippen LogP contribution in [-0.4, -0.2) is 29.1 Å². The molecule has 0 bridgehead atoms. The van der Waals surface area contributed by atoms with Gasteiger partial charge in [-0.3, -0.25) is 4.98 Å². The molecule has 0 amide bonds. The number of carbonyl (C=O) groups is 1. The van der Waals surface area contributed by atoms with E-state index in [-0.39, 0.29) is 0 Å². The maximum atomic E-state index is 11.2. The molecule has 1 saturated heterocycles. The van der Waals surface area contributed by atoms with Crippen molar-refractivity contribution in [3.05, 3.63) is 35.5 Å². The van der Waals surface area contributed by atoms with Crippen LogP contribution < -0.4 is 4.90 Å². The maximum absolute atomic E-state index is 11.2. The lowest BCUT2D eigenvalue weighted by atomic mass is 10.1. The van der Waals surface area contributed by atoms with Crippen molar-refractivity contribution in [1.82, 2.24) is 4.98 Å². The van der Waals surface area contributed by atoms with Crippen molar-refractivity contribution in [3.63, 3.8) is 0 Å². The number of aryl methyl sites for hydroxylation is 1. The summed E-state index contributed by atoms with van der Waals surface area (Å²) in [7, 11) is 0. The summed E-state index contributed by atoms with van der Waals surface area (Å²) >= 11 is 0. The van der Waals surface area contributed by atoms with Gasteiger partial charge >= 0.3 is 5.97 Å². The number of hydrogen-bond acceptors (Lipinski definition) is 3. The minimum Gasteiger partial charge on any atom is -0.478 e. The second-order valence-corrected chi connectivity index (χ2v) is 5.37. The minimum absolute atomic E-state index is 0.321. The Labute approximate surface area is 118 Å². The molecule has 1 aromatic heterocycles. The van der Waals surface area contributed by atoms with Crippen molar-refractivity contribution in [3.8, 4) is 0 Å². The Morgan fingerprint density at radius 2 is 1.95 bits per heavy atom. The highest BCUT2D eigenvalue weighted by Crippen LogP contribution is 2.29. The fraction of sp³-hybridized carbons (Fsp3) is 0.375. The third-order valence-corrected chi connectivity index (χ3v) is 3.86. The van der Waals surface area contributed by atoms with Crippen LogP contribution in [0.2, 0.25) is 0 Å². The summed E-state index contributed by atoms with van der Waals surface area (Å²) in [6.45, 7) is 4.06. The third-order valence-electron chi connectivity index (χ3n) is 3.86. The Kier molecular flexibility index (Phi) is 3.30. The smallest absolute Gasteiger partial charge is 0.335 e. The number of nitrogens with zero attached hydrogens (tertiary/aromatic N) is 2. The van der Waals surface area contributed by atoms with Crippen LogP contribution in [0.4, 0.5) is 5.69 Å². The van der Waals surface area contributed by atoms with Gasteiger partial charge in [-0.25, -0.2) is 4.79 Å². The van der Waals surface area contributed by atoms with E-state index >= 15 is 0 Å². The van der Waals surface area contributed by atoms with Crippen LogP contribution in [0.3, 0.4) is 0 Å². The normalized spacial score (nSPS) is 15.6. The number of aromatic carboxylic acids is 1. The summed E-state index contributed by atoms with van der Waals surface area (Å²) in [5, 5.41) is 10.1. The van der Waals surface area contributed by atoms with E-state index in [1.54, 1.807) is 18.2 Å². The lowest BCUT2D eigenvalue weighted by molar-refractivity contribution is 0.0697. The lowest BCUT2D eigenvalue weighted by Crippen LogP contribution is -2.29. The van der Waals surface area contributed by atoms with Gasteiger partial charge in [0.15, 0.2) is 0 Å². The van der Waals surface area contributed by atoms with Gasteiger partial charge in [-0.2, -0.15) is 0 Å². The highest BCUT2D eigenvalue weighted by atomic mass is 16.4. The molecule has 1 aromatic carbocycles. The Morgan fingerprint density at radius 1 is 1.20 bits per heavy atom. The number of fused-ring (bicyclic) bond motifs is 1. The Morgan fingerprint density at radius 3 is 2.65 bits per heavy atom. The van der Waals surface area contributed by atoms with Crippen molar-refractivity contribution >= 4 is 22.6 Å². The number of benzene rings is 1. The number of pyridine rings is 1. The van der Waals surface area contributed by atoms with Gasteiger partial charge in [0.25, 0.3) is 0 Å². The van der Waals surface area contributed by atoms with Crippen LogP contribution in [0.1, 0.15) is 35.3 Å². The molecule has 2 heterocycles. The van der Waals surface area contributed by atoms with Crippen LogP contribution in [-0.2, 0) is 0 Å². The van der Waals surface area contributed by atoms with Crippen molar-refractivity contribution in [2.75, 3.05) is 18.0 Å². The third kappa shape index (κ3) is 2.33. The van der Waals surface area contributed by atoms with E-state index in [1.165, 1.54) is 19.3 Å². The van der Waals surface area contributed by atoms with Gasteiger partial charge in [0.2, 0.25) is 0 Å². The van der Waals surface area contributed by atoms with Gasteiger partial charge in [-0.1, -0.05) is 0 Å². The van der Waals surface area contributed by atoms with Gasteiger partial charge in [-0.15, -0.1) is 0 Å². The summed E-state index contributed by atoms with van der Waals surface area (Å²) in [6.07, 6.45) is 3.67. The number of carboxylic acid groups (broad SMARTS) is 1. The molecule has 0 spiro atoms. The molecular formula is C16H18N2O2. The largest absolute Gasteiger partial charge is 0.478 e. The molecule has 1 N–H and O–H groups in total. The molecule has 0 saturated carbocycles. The van der Waals surface area contributed by atoms with Crippen LogP contribution in [0.15, 0.2) is 24.3 Å². The first-order valence-corrected chi connectivity index (χ1v) is 7.05. The summed E-state index contributed by atoms with van der Waals surface area (Å²) in [5.74, 6) is -0.892. The van der Waals surface area contributed by atoms with Gasteiger partial charge in [0.1, 0.15) is 0 Å². The van der Waals surface area contributed by atoms with Gasteiger partial charge in [0, 0.05) is 29.9 Å². The van der Waals surface area contributed by atoms with Crippen LogP contribution in [0.25, 0.3) is 10.9 Å². The van der Waals surface area contributed by atoms with E-state index in [9.17, 15) is 4.79 Å². The standard InChI is InChI=1S/C16H18N2O2/c1-11-9-15(18-7-3-2-4-8-18)13-10-12(16(19)20)5-6-14(13)17-11/h5-6,9-10H,2-4,7-8H2,1H3,(H,19,20). The minimum atomic E-state index is -0.892. The second kappa shape index (κ2) is 5.12. The topological polar surface area (TPSA) is 53.4 Å². The van der Waals surface area contributed by atoms with Gasteiger partial charge in [0.05, 0.1) is 11.1 Å². The summed E-state index contributed by atoms with van der Waals surface area (Å²) in [6, 6.07) is 7.24. The van der Waals surface area contributed by atoms with Gasteiger partial charge < -0.3 is 10.0 Å². The zero-order valence-electron chi connectivity index (χ0n) is 11.6. The molecule has 1 fully saturated rings. The first kappa shape index (κ1) is 12.9. The predicted octanol–water partition coefficient (Wildman–Crippen LogP) is 3.23. The zero-order chi connectivity index (χ0) is 14.1. The molecule has 0 unspecified atom stereocenters. The number of carboxylic acids is 1. The molecule has 20 heavy (non-hydrogen) atoms. The fourth-order valence-electron chi connectivity index (χ4n) is 2.87. The Hall–Kier alpha value is -2.10. The zero-order valence-corrected chi connectivity index (χ0v) is 11.6. The summed E-state index contributed by atoms with van der Waals surface area (Å²) in [4.78, 5) is 18.0. The van der Waals surface area contributed by atoms with Crippen LogP contribution in [0.5, 0.6) is 0 Å². The van der Waals surface area contributed by atoms with Crippen molar-refractivity contribution < 1.29 is 9.90 Å². The van der Waals surface area contributed by atoms with Crippen molar-refractivity contribution in [2.24, 2.45) is 0 Å². The van der Waals surface area contributed by atoms with E-state index in [4.69, 9.17) is 5.11 Å². The molecule has 4 heteroatoms. The average molecular weight is 270 g/mol. The fourth-order valence-corrected chi connectivity index (χ4v) is 2.87. The van der Waals surface area contributed by atoms with E-state index < -0.39 is 5.97 Å². The first-order valence-electron chi connectivity index (χ1n) is 7.05. The Balaban J connectivity index is 2.16. The lowest BCUT2D eigenvalue weighted by Gasteiger charge is -2.30. The van der Waals surface area contributed by atoms with Crippen molar-refractivity contribution in [2.45, 2.75) is 26.2 Å². The number of aromatic nitrogens is 1. The molecule has 1 aliphatic rings. The second-order valence-electron chi connectivity index (χ2n) is 5.37. The number of piperidine rings is 1. The van der Waals surface area contributed by atoms with E-state index in [1.807, 2.05) is 6.92 Å². The number of rotatable bonds is 2. The molecule has 4 nitrogen and oxygen atoms in total. The van der Waals surface area contributed by atoms with Crippen LogP contribution >= 0.6 is 0 Å². The Bertz CT molecular complexity index is 661. The SMILES string of the molecule is Cc1cc(N2CCCCC2)c2cc(C(=O)O)ccc2n1. The molecule has 104 valence electrons. The molecule has 0 aliphatic carbocycles. The average Bonchev–Trinajstić information content (AvgIpc) is 2.46. The quantitative estimate of drug-likeness (QED) is 0.910. The highest BCUT2D eigenvalue weighted by Gasteiger charge is 2.16. The summed E-state index contributed by atoms with van der Waals surface area (Å²) < 4.78 is 0. The highest BCUT2D eigenvalue weighted by molar-refractivity contribution is 5.98. The van der Waals surface area contributed by atoms with Crippen molar-refractivity contribution in [1.29, 1.82) is 0 Å². The predicted molar refractivity (Wildman–Crippen MR) is 79.5 cm³/mol. The van der Waals surface area contributed by atoms with E-state index in [0.29, 0.717) is 5.56 Å². The van der Waals surface area contributed by atoms with Gasteiger partial charge in [-0.05, 0) is 50.5 Å².